The second-order valence-corrected chi connectivity index (χ2v) is 7.08. The topological polar surface area (TPSA) is 43.0 Å². The molecule has 0 radical (unpaired) electrons. The molecule has 1 atom stereocenters. The molecule has 1 unspecified atom stereocenters. The lowest BCUT2D eigenvalue weighted by Crippen LogP contribution is -2.45. The predicted molar refractivity (Wildman–Crippen MR) is 113 cm³/mol. The Labute approximate surface area is 172 Å². The van der Waals surface area contributed by atoms with Gasteiger partial charge in [0.25, 0.3) is 0 Å². The Hall–Kier alpha value is -1.95. The average molecular weight is 405 g/mol. The first-order chi connectivity index (χ1) is 13.7. The summed E-state index contributed by atoms with van der Waals surface area (Å²) < 4.78 is 17.3. The van der Waals surface area contributed by atoms with Crippen molar-refractivity contribution in [3.05, 3.63) is 52.5 Å². The summed E-state index contributed by atoms with van der Waals surface area (Å²) in [5.74, 6) is 2.37. The number of halogens is 1. The average Bonchev–Trinajstić information content (AvgIpc) is 2.71. The van der Waals surface area contributed by atoms with Crippen LogP contribution in [0.2, 0.25) is 5.02 Å². The number of nitrogens with zero attached hydrogens (tertiary/aromatic N) is 1. The van der Waals surface area contributed by atoms with Crippen LogP contribution in [0, 0.1) is 0 Å². The third kappa shape index (κ3) is 4.72. The smallest absolute Gasteiger partial charge is 0.161 e. The van der Waals surface area contributed by atoms with E-state index in [4.69, 9.17) is 25.8 Å². The Kier molecular flexibility index (Phi) is 7.43. The number of hydrogen-bond donors (Lipinski definition) is 1. The molecule has 1 aliphatic rings. The monoisotopic (exact) mass is 404 g/mol. The van der Waals surface area contributed by atoms with Gasteiger partial charge in [-0.1, -0.05) is 17.7 Å². The molecule has 0 aromatic heterocycles. The minimum atomic E-state index is 0.0191. The molecule has 28 heavy (non-hydrogen) atoms. The third-order valence-electron chi connectivity index (χ3n) is 4.89. The number of piperazine rings is 1. The molecule has 1 heterocycles. The number of benzene rings is 2. The van der Waals surface area contributed by atoms with Crippen LogP contribution in [0.4, 0.5) is 0 Å². The van der Waals surface area contributed by atoms with Crippen molar-refractivity contribution in [2.24, 2.45) is 0 Å². The van der Waals surface area contributed by atoms with E-state index in [1.54, 1.807) is 7.11 Å². The molecule has 0 spiro atoms. The van der Waals surface area contributed by atoms with Crippen LogP contribution in [0.25, 0.3) is 0 Å². The maximum atomic E-state index is 6.36. The minimum absolute atomic E-state index is 0.0191. The van der Waals surface area contributed by atoms with Crippen LogP contribution in [0.1, 0.15) is 31.0 Å². The third-order valence-corrected chi connectivity index (χ3v) is 5.12. The lowest BCUT2D eigenvalue weighted by Gasteiger charge is -2.36. The van der Waals surface area contributed by atoms with Crippen molar-refractivity contribution in [2.45, 2.75) is 19.9 Å². The summed E-state index contributed by atoms with van der Waals surface area (Å²) in [5, 5.41) is 4.13. The summed E-state index contributed by atoms with van der Waals surface area (Å²) in [6.45, 7) is 8.93. The van der Waals surface area contributed by atoms with E-state index in [0.717, 1.165) is 54.6 Å². The van der Waals surface area contributed by atoms with Crippen LogP contribution in [0.5, 0.6) is 17.2 Å². The van der Waals surface area contributed by atoms with Crippen molar-refractivity contribution < 1.29 is 14.2 Å². The molecule has 5 nitrogen and oxygen atoms in total. The molecular formula is C22H29ClN2O3. The summed E-state index contributed by atoms with van der Waals surface area (Å²) in [5.41, 5.74) is 2.19. The quantitative estimate of drug-likeness (QED) is 0.716. The zero-order chi connectivity index (χ0) is 19.9. The van der Waals surface area contributed by atoms with Gasteiger partial charge in [0.05, 0.1) is 26.4 Å². The largest absolute Gasteiger partial charge is 0.496 e. The fourth-order valence-electron chi connectivity index (χ4n) is 3.68. The first kappa shape index (κ1) is 20.8. The molecule has 0 amide bonds. The van der Waals surface area contributed by atoms with Crippen LogP contribution in [0.3, 0.4) is 0 Å². The van der Waals surface area contributed by atoms with E-state index in [1.807, 2.05) is 38.1 Å². The molecule has 152 valence electrons. The molecule has 0 aliphatic carbocycles. The number of ether oxygens (including phenoxy) is 3. The number of methoxy groups -OCH3 is 1. The summed E-state index contributed by atoms with van der Waals surface area (Å²) in [7, 11) is 1.70. The van der Waals surface area contributed by atoms with Crippen molar-refractivity contribution >= 4 is 11.6 Å². The summed E-state index contributed by atoms with van der Waals surface area (Å²) in [6.07, 6.45) is 0. The molecule has 1 aliphatic heterocycles. The summed E-state index contributed by atoms with van der Waals surface area (Å²) >= 11 is 6.36. The molecular weight excluding hydrogens is 376 g/mol. The van der Waals surface area contributed by atoms with Gasteiger partial charge in [0.1, 0.15) is 5.75 Å². The van der Waals surface area contributed by atoms with Crippen LogP contribution in [-0.2, 0) is 0 Å². The zero-order valence-corrected chi connectivity index (χ0v) is 17.6. The van der Waals surface area contributed by atoms with Gasteiger partial charge in [-0.05, 0) is 49.7 Å². The minimum Gasteiger partial charge on any atom is -0.496 e. The van der Waals surface area contributed by atoms with E-state index in [2.05, 4.69) is 22.3 Å². The maximum Gasteiger partial charge on any atom is 0.161 e. The number of rotatable bonds is 8. The van der Waals surface area contributed by atoms with Gasteiger partial charge in [0.15, 0.2) is 11.5 Å². The Balaban J connectivity index is 2.09. The van der Waals surface area contributed by atoms with Gasteiger partial charge in [-0.15, -0.1) is 0 Å². The molecule has 3 rings (SSSR count). The van der Waals surface area contributed by atoms with E-state index in [1.165, 1.54) is 0 Å². The Morgan fingerprint density at radius 2 is 1.64 bits per heavy atom. The van der Waals surface area contributed by atoms with E-state index < -0.39 is 0 Å². The van der Waals surface area contributed by atoms with Crippen molar-refractivity contribution in [2.75, 3.05) is 46.5 Å². The van der Waals surface area contributed by atoms with Gasteiger partial charge < -0.3 is 19.5 Å². The first-order valence-corrected chi connectivity index (χ1v) is 10.2. The van der Waals surface area contributed by atoms with Gasteiger partial charge in [0.2, 0.25) is 0 Å². The van der Waals surface area contributed by atoms with E-state index >= 15 is 0 Å². The standard InChI is InChI=1S/C22H29ClN2O3/c1-4-27-20-8-6-16(14-21(20)28-5-2)22(25-12-10-24-11-13-25)18-15-17(23)7-9-19(18)26-3/h6-9,14-15,22,24H,4-5,10-13H2,1-3H3. The van der Waals surface area contributed by atoms with Gasteiger partial charge in [-0.3, -0.25) is 4.90 Å². The van der Waals surface area contributed by atoms with Crippen molar-refractivity contribution in [3.8, 4) is 17.2 Å². The van der Waals surface area contributed by atoms with Crippen LogP contribution in [-0.4, -0.2) is 51.4 Å². The van der Waals surface area contributed by atoms with Gasteiger partial charge in [-0.25, -0.2) is 0 Å². The zero-order valence-electron chi connectivity index (χ0n) is 16.8. The molecule has 1 fully saturated rings. The Morgan fingerprint density at radius 3 is 2.32 bits per heavy atom. The van der Waals surface area contributed by atoms with Crippen molar-refractivity contribution in [3.63, 3.8) is 0 Å². The molecule has 2 aromatic carbocycles. The highest BCUT2D eigenvalue weighted by atomic mass is 35.5. The molecule has 2 aromatic rings. The number of nitrogens with one attached hydrogen (secondary N) is 1. The number of hydrogen-bond acceptors (Lipinski definition) is 5. The van der Waals surface area contributed by atoms with Crippen molar-refractivity contribution in [1.29, 1.82) is 0 Å². The Morgan fingerprint density at radius 1 is 0.964 bits per heavy atom. The predicted octanol–water partition coefficient (Wildman–Crippen LogP) is 4.14. The highest BCUT2D eigenvalue weighted by Crippen LogP contribution is 2.39. The SMILES string of the molecule is CCOc1ccc(C(c2cc(Cl)ccc2OC)N2CCNCC2)cc1OCC. The van der Waals surface area contributed by atoms with Gasteiger partial charge in [0, 0.05) is 36.8 Å². The summed E-state index contributed by atoms with van der Waals surface area (Å²) in [4.78, 5) is 2.45. The molecule has 0 saturated carbocycles. The fourth-order valence-corrected chi connectivity index (χ4v) is 3.86. The van der Waals surface area contributed by atoms with Crippen LogP contribution >= 0.6 is 11.6 Å². The molecule has 0 bridgehead atoms. The highest BCUT2D eigenvalue weighted by Gasteiger charge is 2.27. The second-order valence-electron chi connectivity index (χ2n) is 6.65. The normalized spacial score (nSPS) is 15.9. The molecule has 1 saturated heterocycles. The molecule has 1 N–H and O–H groups in total. The lowest BCUT2D eigenvalue weighted by atomic mass is 9.95. The molecule has 6 heteroatoms. The highest BCUT2D eigenvalue weighted by molar-refractivity contribution is 6.30. The van der Waals surface area contributed by atoms with E-state index in [-0.39, 0.29) is 6.04 Å². The van der Waals surface area contributed by atoms with Crippen LogP contribution < -0.4 is 19.5 Å². The summed E-state index contributed by atoms with van der Waals surface area (Å²) in [6, 6.07) is 12.0. The van der Waals surface area contributed by atoms with E-state index in [9.17, 15) is 0 Å². The fraction of sp³-hybridized carbons (Fsp3) is 0.455. The lowest BCUT2D eigenvalue weighted by molar-refractivity contribution is 0.195. The van der Waals surface area contributed by atoms with Gasteiger partial charge in [-0.2, -0.15) is 0 Å². The maximum absolute atomic E-state index is 6.36. The van der Waals surface area contributed by atoms with Crippen LogP contribution in [0.15, 0.2) is 36.4 Å². The Bertz CT molecular complexity index is 778. The van der Waals surface area contributed by atoms with Gasteiger partial charge >= 0.3 is 0 Å². The first-order valence-electron chi connectivity index (χ1n) is 9.85. The second kappa shape index (κ2) is 10.0. The van der Waals surface area contributed by atoms with E-state index in [0.29, 0.717) is 18.2 Å². The van der Waals surface area contributed by atoms with Crippen molar-refractivity contribution in [1.82, 2.24) is 10.2 Å².